The van der Waals surface area contributed by atoms with Gasteiger partial charge in [-0.05, 0) is 41.7 Å². The highest BCUT2D eigenvalue weighted by Crippen LogP contribution is 2.38. The van der Waals surface area contributed by atoms with E-state index in [2.05, 4.69) is 34.6 Å². The zero-order valence-corrected chi connectivity index (χ0v) is 20.7. The van der Waals surface area contributed by atoms with Crippen LogP contribution in [-0.2, 0) is 17.8 Å². The Labute approximate surface area is 205 Å². The van der Waals surface area contributed by atoms with Gasteiger partial charge in [-0.25, -0.2) is 4.98 Å². The third-order valence-corrected chi connectivity index (χ3v) is 6.74. The Hall–Kier alpha value is -3.19. The maximum atomic E-state index is 13.1. The van der Waals surface area contributed by atoms with Gasteiger partial charge in [0.1, 0.15) is 23.1 Å². The first-order valence-corrected chi connectivity index (χ1v) is 12.7. The van der Waals surface area contributed by atoms with Crippen molar-refractivity contribution in [3.63, 3.8) is 0 Å². The van der Waals surface area contributed by atoms with Crippen LogP contribution >= 0.6 is 11.3 Å². The average molecular weight is 478 g/mol. The Morgan fingerprint density at radius 2 is 2.00 bits per heavy atom. The van der Waals surface area contributed by atoms with E-state index in [1.54, 1.807) is 5.38 Å². The second kappa shape index (κ2) is 10.8. The third-order valence-electron chi connectivity index (χ3n) is 5.92. The van der Waals surface area contributed by atoms with Gasteiger partial charge in [0.15, 0.2) is 0 Å². The summed E-state index contributed by atoms with van der Waals surface area (Å²) in [6.07, 6.45) is 1.70. The van der Waals surface area contributed by atoms with E-state index in [9.17, 15) is 9.59 Å². The summed E-state index contributed by atoms with van der Waals surface area (Å²) in [4.78, 5) is 31.6. The van der Waals surface area contributed by atoms with Crippen molar-refractivity contribution in [2.75, 3.05) is 13.1 Å². The molecule has 4 rings (SSSR count). The maximum Gasteiger partial charge on any atom is 0.270 e. The molecule has 1 atom stereocenters. The molecule has 0 aliphatic carbocycles. The van der Waals surface area contributed by atoms with E-state index in [4.69, 9.17) is 4.74 Å². The topological polar surface area (TPSA) is 71.5 Å². The summed E-state index contributed by atoms with van der Waals surface area (Å²) in [7, 11) is 0. The molecule has 2 amide bonds. The molecule has 0 fully saturated rings. The average Bonchev–Trinajstić information content (AvgIpc) is 3.34. The van der Waals surface area contributed by atoms with Gasteiger partial charge < -0.3 is 15.0 Å². The first-order valence-electron chi connectivity index (χ1n) is 11.8. The van der Waals surface area contributed by atoms with Crippen LogP contribution in [-0.4, -0.2) is 34.8 Å². The molecule has 0 bridgehead atoms. The number of amides is 2. The molecule has 1 aromatic heterocycles. The predicted octanol–water partition coefficient (Wildman–Crippen LogP) is 4.99. The number of fused-ring (bicyclic) bond motifs is 1. The SMILES string of the molecule is CCCNC(=O)c1csc(COc2ccc3c(c2)C(c2ccccc2)N(C(=O)C(C)C)CC3)n1. The first kappa shape index (κ1) is 24.0. The lowest BCUT2D eigenvalue weighted by Crippen LogP contribution is -2.42. The summed E-state index contributed by atoms with van der Waals surface area (Å²) in [5.41, 5.74) is 3.85. The molecule has 2 aromatic carbocycles. The zero-order valence-electron chi connectivity index (χ0n) is 19.9. The van der Waals surface area contributed by atoms with E-state index in [-0.39, 0.29) is 30.4 Å². The Bertz CT molecular complexity index is 1140. The van der Waals surface area contributed by atoms with Crippen LogP contribution in [0.4, 0.5) is 0 Å². The Morgan fingerprint density at radius 3 is 2.74 bits per heavy atom. The monoisotopic (exact) mass is 477 g/mol. The van der Waals surface area contributed by atoms with E-state index >= 15 is 0 Å². The van der Waals surface area contributed by atoms with Crippen molar-refractivity contribution < 1.29 is 14.3 Å². The molecule has 1 aliphatic rings. The van der Waals surface area contributed by atoms with Crippen LogP contribution in [0.15, 0.2) is 53.9 Å². The molecule has 0 saturated heterocycles. The van der Waals surface area contributed by atoms with Crippen molar-refractivity contribution in [1.82, 2.24) is 15.2 Å². The fraction of sp³-hybridized carbons (Fsp3) is 0.370. The van der Waals surface area contributed by atoms with Gasteiger partial charge in [-0.2, -0.15) is 0 Å². The number of hydrogen-bond donors (Lipinski definition) is 1. The maximum absolute atomic E-state index is 13.1. The van der Waals surface area contributed by atoms with Crippen LogP contribution in [0.3, 0.4) is 0 Å². The number of carbonyl (C=O) groups excluding carboxylic acids is 2. The molecular weight excluding hydrogens is 446 g/mol. The summed E-state index contributed by atoms with van der Waals surface area (Å²) in [5, 5.41) is 5.35. The highest BCUT2D eigenvalue weighted by molar-refractivity contribution is 7.09. The van der Waals surface area contributed by atoms with E-state index in [1.165, 1.54) is 16.9 Å². The molecule has 34 heavy (non-hydrogen) atoms. The van der Waals surface area contributed by atoms with Crippen molar-refractivity contribution in [2.45, 2.75) is 46.3 Å². The molecule has 0 radical (unpaired) electrons. The Kier molecular flexibility index (Phi) is 7.63. The number of aromatic nitrogens is 1. The molecule has 1 aliphatic heterocycles. The lowest BCUT2D eigenvalue weighted by atomic mass is 9.87. The molecule has 1 N–H and O–H groups in total. The fourth-order valence-electron chi connectivity index (χ4n) is 4.20. The first-order chi connectivity index (χ1) is 16.5. The number of hydrogen-bond acceptors (Lipinski definition) is 5. The number of thiazole rings is 1. The summed E-state index contributed by atoms with van der Waals surface area (Å²) in [6, 6.07) is 16.2. The largest absolute Gasteiger partial charge is 0.486 e. The highest BCUT2D eigenvalue weighted by atomic mass is 32.1. The van der Waals surface area contributed by atoms with Gasteiger partial charge in [-0.1, -0.05) is 57.2 Å². The quantitative estimate of drug-likeness (QED) is 0.496. The second-order valence-electron chi connectivity index (χ2n) is 8.78. The van der Waals surface area contributed by atoms with Crippen molar-refractivity contribution in [3.05, 3.63) is 81.3 Å². The highest BCUT2D eigenvalue weighted by Gasteiger charge is 2.33. The van der Waals surface area contributed by atoms with Crippen molar-refractivity contribution in [3.8, 4) is 5.75 Å². The van der Waals surface area contributed by atoms with Gasteiger partial charge in [0, 0.05) is 24.4 Å². The van der Waals surface area contributed by atoms with E-state index < -0.39 is 0 Å². The molecule has 7 heteroatoms. The number of rotatable bonds is 8. The molecule has 3 aromatic rings. The van der Waals surface area contributed by atoms with Crippen LogP contribution in [0.25, 0.3) is 0 Å². The lowest BCUT2D eigenvalue weighted by molar-refractivity contribution is -0.136. The number of nitrogens with one attached hydrogen (secondary N) is 1. The van der Waals surface area contributed by atoms with Crippen LogP contribution in [0.2, 0.25) is 0 Å². The minimum atomic E-state index is -0.154. The molecule has 0 spiro atoms. The molecule has 1 unspecified atom stereocenters. The van der Waals surface area contributed by atoms with Gasteiger partial charge in [0.25, 0.3) is 5.91 Å². The standard InChI is InChI=1S/C27H31N3O3S/c1-4-13-28-26(31)23-17-34-24(29-23)16-33-21-11-10-19-12-14-30(27(32)18(2)3)25(22(19)15-21)20-8-6-5-7-9-20/h5-11,15,17-18,25H,4,12-14,16H2,1-3H3,(H,28,31). The summed E-state index contributed by atoms with van der Waals surface area (Å²) < 4.78 is 6.07. The zero-order chi connectivity index (χ0) is 24.1. The van der Waals surface area contributed by atoms with Gasteiger partial charge in [0.05, 0.1) is 6.04 Å². The predicted molar refractivity (Wildman–Crippen MR) is 134 cm³/mol. The van der Waals surface area contributed by atoms with Crippen molar-refractivity contribution >= 4 is 23.2 Å². The molecular formula is C27H31N3O3S. The second-order valence-corrected chi connectivity index (χ2v) is 9.72. The fourth-order valence-corrected chi connectivity index (χ4v) is 4.89. The molecule has 178 valence electrons. The third kappa shape index (κ3) is 5.30. The molecule has 0 saturated carbocycles. The van der Waals surface area contributed by atoms with Crippen molar-refractivity contribution in [2.24, 2.45) is 5.92 Å². The van der Waals surface area contributed by atoms with E-state index in [1.807, 2.05) is 49.9 Å². The van der Waals surface area contributed by atoms with Gasteiger partial charge in [-0.3, -0.25) is 9.59 Å². The van der Waals surface area contributed by atoms with E-state index in [0.717, 1.165) is 34.7 Å². The Balaban J connectivity index is 1.56. The minimum Gasteiger partial charge on any atom is -0.486 e. The van der Waals surface area contributed by atoms with Crippen molar-refractivity contribution in [1.29, 1.82) is 0 Å². The van der Waals surface area contributed by atoms with E-state index in [0.29, 0.717) is 18.8 Å². The number of ether oxygens (including phenoxy) is 1. The summed E-state index contributed by atoms with van der Waals surface area (Å²) in [5.74, 6) is 0.660. The number of nitrogens with zero attached hydrogens (tertiary/aromatic N) is 2. The lowest BCUT2D eigenvalue weighted by Gasteiger charge is -2.39. The van der Waals surface area contributed by atoms with Crippen LogP contribution in [0.5, 0.6) is 5.75 Å². The van der Waals surface area contributed by atoms with Crippen LogP contribution < -0.4 is 10.1 Å². The normalized spacial score (nSPS) is 15.2. The van der Waals surface area contributed by atoms with Gasteiger partial charge in [0.2, 0.25) is 5.91 Å². The van der Waals surface area contributed by atoms with Gasteiger partial charge >= 0.3 is 0 Å². The number of carbonyl (C=O) groups is 2. The number of benzene rings is 2. The molecule has 6 nitrogen and oxygen atoms in total. The minimum absolute atomic E-state index is 0.0687. The van der Waals surface area contributed by atoms with Gasteiger partial charge in [-0.15, -0.1) is 11.3 Å². The smallest absolute Gasteiger partial charge is 0.270 e. The summed E-state index contributed by atoms with van der Waals surface area (Å²) >= 11 is 1.41. The molecule has 2 heterocycles. The van der Waals surface area contributed by atoms with Crippen LogP contribution in [0, 0.1) is 5.92 Å². The van der Waals surface area contributed by atoms with Crippen LogP contribution in [0.1, 0.15) is 65.4 Å². The summed E-state index contributed by atoms with van der Waals surface area (Å²) in [6.45, 7) is 7.53. The Morgan fingerprint density at radius 1 is 1.21 bits per heavy atom.